The Hall–Kier alpha value is 0.0569. The van der Waals surface area contributed by atoms with Crippen LogP contribution in [0.5, 0.6) is 0 Å². The average molecular weight is 337 g/mol. The van der Waals surface area contributed by atoms with E-state index in [9.17, 15) is 9.59 Å². The maximum absolute atomic E-state index is 11.8. The van der Waals surface area contributed by atoms with Gasteiger partial charge >= 0.3 is 8.23 Å². The fourth-order valence-electron chi connectivity index (χ4n) is 2.07. The monoisotopic (exact) mass is 337 g/mol. The summed E-state index contributed by atoms with van der Waals surface area (Å²) in [6, 6.07) is 0.886. The van der Waals surface area contributed by atoms with Gasteiger partial charge in [-0.3, -0.25) is 14.5 Å². The fraction of sp³-hybridized carbons (Fsp3) is 0.833. The highest BCUT2D eigenvalue weighted by Gasteiger charge is 2.36. The van der Waals surface area contributed by atoms with Gasteiger partial charge in [-0.25, -0.2) is 0 Å². The Morgan fingerprint density at radius 3 is 2.40 bits per heavy atom. The molecule has 0 saturated carbocycles. The fourth-order valence-corrected chi connectivity index (χ4v) is 7.11. The second-order valence-electron chi connectivity index (χ2n) is 4.64. The van der Waals surface area contributed by atoms with Gasteiger partial charge in [-0.2, -0.15) is 0 Å². The first kappa shape index (κ1) is 18.1. The predicted octanol–water partition coefficient (Wildman–Crippen LogP) is 1.75. The molecular formula is C12H24NO4PSSi. The molecule has 0 aliphatic carbocycles. The minimum atomic E-state index is -2.13. The van der Waals surface area contributed by atoms with Gasteiger partial charge in [0.2, 0.25) is 11.8 Å². The van der Waals surface area contributed by atoms with E-state index in [1.807, 2.05) is 13.8 Å². The van der Waals surface area contributed by atoms with Crippen LogP contribution in [0.3, 0.4) is 0 Å². The van der Waals surface area contributed by atoms with Crippen LogP contribution in [0, 0.1) is 0 Å². The van der Waals surface area contributed by atoms with Crippen LogP contribution in [-0.2, 0) is 18.4 Å². The van der Waals surface area contributed by atoms with E-state index in [0.29, 0.717) is 19.6 Å². The zero-order chi connectivity index (χ0) is 15.2. The maximum Gasteiger partial charge on any atom is 0.357 e. The summed E-state index contributed by atoms with van der Waals surface area (Å²) in [4.78, 5) is 24.4. The van der Waals surface area contributed by atoms with Crippen molar-refractivity contribution >= 4 is 40.6 Å². The summed E-state index contributed by atoms with van der Waals surface area (Å²) in [7, 11) is 2.18. The Kier molecular flexibility index (Phi) is 7.68. The molecule has 1 heterocycles. The highest BCUT2D eigenvalue weighted by atomic mass is 32.2. The molecule has 2 amide bonds. The van der Waals surface area contributed by atoms with Crippen LogP contribution in [-0.4, -0.2) is 56.2 Å². The Morgan fingerprint density at radius 2 is 1.95 bits per heavy atom. The molecule has 0 N–H and O–H groups in total. The largest absolute Gasteiger partial charge is 0.392 e. The van der Waals surface area contributed by atoms with Crippen LogP contribution in [0.1, 0.15) is 26.7 Å². The Labute approximate surface area is 128 Å². The molecule has 1 aliphatic rings. The number of amides is 2. The van der Waals surface area contributed by atoms with E-state index in [1.54, 1.807) is 18.8 Å². The van der Waals surface area contributed by atoms with Gasteiger partial charge in [0.25, 0.3) is 0 Å². The third-order valence-corrected chi connectivity index (χ3v) is 8.87. The molecule has 0 spiro atoms. The van der Waals surface area contributed by atoms with Gasteiger partial charge in [0.1, 0.15) is 0 Å². The maximum atomic E-state index is 11.8. The topological polar surface area (TPSA) is 55.8 Å². The summed E-state index contributed by atoms with van der Waals surface area (Å²) in [5.41, 5.74) is 0. The first-order chi connectivity index (χ1) is 9.43. The van der Waals surface area contributed by atoms with Gasteiger partial charge in [0.05, 0.1) is 5.25 Å². The van der Waals surface area contributed by atoms with E-state index in [2.05, 4.69) is 8.79 Å². The number of carbonyl (C=O) groups is 2. The zero-order valence-corrected chi connectivity index (χ0v) is 15.4. The van der Waals surface area contributed by atoms with Gasteiger partial charge in [0, 0.05) is 26.7 Å². The quantitative estimate of drug-likeness (QED) is 0.278. The molecule has 0 aromatic rings. The first-order valence-electron chi connectivity index (χ1n) is 6.92. The van der Waals surface area contributed by atoms with Gasteiger partial charge < -0.3 is 8.85 Å². The van der Waals surface area contributed by atoms with Crippen molar-refractivity contribution in [2.24, 2.45) is 0 Å². The first-order valence-corrected chi connectivity index (χ1v) is 11.8. The highest BCUT2D eigenvalue weighted by Crippen LogP contribution is 2.28. The summed E-state index contributed by atoms with van der Waals surface area (Å²) in [5.74, 6) is 0.704. The molecule has 1 fully saturated rings. The normalized spacial score (nSPS) is 20.0. The third kappa shape index (κ3) is 5.11. The van der Waals surface area contributed by atoms with Crippen LogP contribution in [0.2, 0.25) is 6.04 Å². The van der Waals surface area contributed by atoms with Crippen LogP contribution >= 0.6 is 20.5 Å². The molecule has 8 heteroatoms. The molecule has 20 heavy (non-hydrogen) atoms. The summed E-state index contributed by atoms with van der Waals surface area (Å²) in [6.07, 6.45) is 1.27. The van der Waals surface area contributed by atoms with E-state index < -0.39 is 8.23 Å². The van der Waals surface area contributed by atoms with Crippen molar-refractivity contribution in [3.8, 4) is 0 Å². The molecule has 2 unspecified atom stereocenters. The van der Waals surface area contributed by atoms with Gasteiger partial charge in [0.15, 0.2) is 0 Å². The summed E-state index contributed by atoms with van der Waals surface area (Å²) < 4.78 is 11.5. The van der Waals surface area contributed by atoms with Crippen molar-refractivity contribution in [1.82, 2.24) is 4.90 Å². The lowest BCUT2D eigenvalue weighted by atomic mass is 10.4. The molecule has 0 bridgehead atoms. The molecule has 0 aromatic carbocycles. The number of likely N-dealkylation sites (tertiary alicyclic amines) is 1. The molecule has 0 radical (unpaired) electrons. The number of carbonyl (C=O) groups excluding carboxylic acids is 2. The van der Waals surface area contributed by atoms with E-state index in [4.69, 9.17) is 8.85 Å². The predicted molar refractivity (Wildman–Crippen MR) is 86.8 cm³/mol. The SMILES string of the molecule is CCO[Si](P)(CCCSC1CC(=O)N(C)C1=O)OCC. The minimum Gasteiger partial charge on any atom is -0.392 e. The molecule has 1 rings (SSSR count). The zero-order valence-electron chi connectivity index (χ0n) is 12.4. The van der Waals surface area contributed by atoms with E-state index in [1.165, 1.54) is 4.90 Å². The number of nitrogens with zero attached hydrogens (tertiary/aromatic N) is 1. The van der Waals surface area contributed by atoms with Crippen molar-refractivity contribution in [1.29, 1.82) is 0 Å². The lowest BCUT2D eigenvalue weighted by molar-refractivity contribution is -0.136. The number of hydrogen-bond donors (Lipinski definition) is 0. The van der Waals surface area contributed by atoms with Crippen LogP contribution in [0.25, 0.3) is 0 Å². The highest BCUT2D eigenvalue weighted by molar-refractivity contribution is 8.00. The average Bonchev–Trinajstić information content (AvgIpc) is 2.63. The summed E-state index contributed by atoms with van der Waals surface area (Å²) in [5, 5.41) is -0.202. The molecule has 5 nitrogen and oxygen atoms in total. The van der Waals surface area contributed by atoms with Crippen molar-refractivity contribution in [2.75, 3.05) is 26.0 Å². The minimum absolute atomic E-state index is 0.0657. The summed E-state index contributed by atoms with van der Waals surface area (Å²) >= 11 is 1.57. The van der Waals surface area contributed by atoms with Crippen LogP contribution in [0.4, 0.5) is 0 Å². The lowest BCUT2D eigenvalue weighted by Gasteiger charge is -2.25. The van der Waals surface area contributed by atoms with Gasteiger partial charge in [-0.05, 0) is 32.1 Å². The third-order valence-electron chi connectivity index (χ3n) is 3.11. The Bertz CT molecular complexity index is 352. The smallest absolute Gasteiger partial charge is 0.357 e. The number of thioether (sulfide) groups is 1. The number of rotatable bonds is 9. The Balaban J connectivity index is 2.30. The van der Waals surface area contributed by atoms with Crippen LogP contribution < -0.4 is 0 Å². The lowest BCUT2D eigenvalue weighted by Crippen LogP contribution is -2.35. The van der Waals surface area contributed by atoms with Crippen molar-refractivity contribution < 1.29 is 18.4 Å². The standard InChI is InChI=1S/C12H24NO4PSSi/c1-4-16-20(18,17-5-2)8-6-7-19-10-9-11(14)13(3)12(10)15/h10H,4-9,18H2,1-3H3. The van der Waals surface area contributed by atoms with E-state index in [-0.39, 0.29) is 17.1 Å². The Morgan fingerprint density at radius 1 is 1.35 bits per heavy atom. The van der Waals surface area contributed by atoms with Gasteiger partial charge in [-0.15, -0.1) is 11.8 Å². The summed E-state index contributed by atoms with van der Waals surface area (Å²) in [6.45, 7) is 5.25. The molecule has 0 aromatic heterocycles. The second kappa shape index (κ2) is 8.49. The van der Waals surface area contributed by atoms with Crippen LogP contribution in [0.15, 0.2) is 0 Å². The molecule has 2 atom stereocenters. The number of imide groups is 1. The van der Waals surface area contributed by atoms with E-state index in [0.717, 1.165) is 18.2 Å². The van der Waals surface area contributed by atoms with Gasteiger partial charge in [-0.1, -0.05) is 8.79 Å². The number of hydrogen-bond acceptors (Lipinski definition) is 5. The molecule has 1 aliphatic heterocycles. The molecular weight excluding hydrogens is 313 g/mol. The van der Waals surface area contributed by atoms with Crippen molar-refractivity contribution in [3.05, 3.63) is 0 Å². The molecule has 116 valence electrons. The molecule has 1 saturated heterocycles. The second-order valence-corrected chi connectivity index (χ2v) is 11.3. The van der Waals surface area contributed by atoms with E-state index >= 15 is 0 Å². The van der Waals surface area contributed by atoms with Crippen molar-refractivity contribution in [2.45, 2.75) is 38.0 Å². The van der Waals surface area contributed by atoms with Crippen molar-refractivity contribution in [3.63, 3.8) is 0 Å².